The van der Waals surface area contributed by atoms with E-state index in [2.05, 4.69) is 6.58 Å². The lowest BCUT2D eigenvalue weighted by atomic mass is 9.99. The van der Waals surface area contributed by atoms with Gasteiger partial charge in [-0.1, -0.05) is 24.8 Å². The Morgan fingerprint density at radius 3 is 2.91 bits per heavy atom. The fraction of sp³-hybridized carbons (Fsp3) is 0.211. The minimum absolute atomic E-state index is 0.0540. The summed E-state index contributed by atoms with van der Waals surface area (Å²) in [5.74, 6) is 0.401. The van der Waals surface area contributed by atoms with E-state index in [-0.39, 0.29) is 11.7 Å². The van der Waals surface area contributed by atoms with Crippen LogP contribution in [-0.2, 0) is 24.4 Å². The molecule has 1 heterocycles. The van der Waals surface area contributed by atoms with Gasteiger partial charge in [-0.05, 0) is 53.5 Å². The number of ether oxygens (including phenoxy) is 1. The Hall–Kier alpha value is -2.62. The average molecular weight is 311 g/mol. The first-order valence-corrected chi connectivity index (χ1v) is 7.56. The third-order valence-electron chi connectivity index (χ3n) is 3.97. The largest absolute Gasteiger partial charge is 0.489 e. The molecule has 0 aromatic heterocycles. The third-order valence-corrected chi connectivity index (χ3v) is 3.97. The van der Waals surface area contributed by atoms with Gasteiger partial charge in [0.15, 0.2) is 0 Å². The summed E-state index contributed by atoms with van der Waals surface area (Å²) in [5, 5.41) is 0. The van der Waals surface area contributed by atoms with E-state index in [1.54, 1.807) is 11.0 Å². The maximum atomic E-state index is 13.2. The molecule has 2 aromatic rings. The van der Waals surface area contributed by atoms with Crippen molar-refractivity contribution in [3.8, 4) is 5.75 Å². The van der Waals surface area contributed by atoms with Gasteiger partial charge in [0.25, 0.3) is 0 Å². The fourth-order valence-electron chi connectivity index (χ4n) is 2.73. The molecule has 23 heavy (non-hydrogen) atoms. The number of halogens is 1. The Kier molecular flexibility index (Phi) is 4.42. The smallest absolute Gasteiger partial charge is 0.246 e. The van der Waals surface area contributed by atoms with Crippen LogP contribution in [0.25, 0.3) is 0 Å². The molecule has 118 valence electrons. The van der Waals surface area contributed by atoms with E-state index in [1.807, 2.05) is 24.3 Å². The molecule has 4 heteroatoms. The first kappa shape index (κ1) is 15.3. The van der Waals surface area contributed by atoms with Gasteiger partial charge in [-0.15, -0.1) is 0 Å². The summed E-state index contributed by atoms with van der Waals surface area (Å²) in [6, 6.07) is 12.3. The van der Waals surface area contributed by atoms with Crippen LogP contribution in [0, 0.1) is 5.82 Å². The van der Waals surface area contributed by atoms with Crippen molar-refractivity contribution in [3.63, 3.8) is 0 Å². The molecule has 1 aliphatic heterocycles. The van der Waals surface area contributed by atoms with Crippen LogP contribution in [0.5, 0.6) is 5.75 Å². The molecule has 0 bridgehead atoms. The number of carbonyl (C=O) groups is 1. The fourth-order valence-corrected chi connectivity index (χ4v) is 2.73. The maximum Gasteiger partial charge on any atom is 0.246 e. The molecule has 0 atom stereocenters. The van der Waals surface area contributed by atoms with Crippen LogP contribution in [0.4, 0.5) is 4.39 Å². The molecule has 1 aliphatic rings. The summed E-state index contributed by atoms with van der Waals surface area (Å²) in [4.78, 5) is 13.5. The highest BCUT2D eigenvalue weighted by molar-refractivity contribution is 5.87. The number of benzene rings is 2. The number of rotatable bonds is 4. The average Bonchev–Trinajstić information content (AvgIpc) is 2.58. The van der Waals surface area contributed by atoms with Crippen molar-refractivity contribution < 1.29 is 13.9 Å². The van der Waals surface area contributed by atoms with Gasteiger partial charge in [0.1, 0.15) is 18.2 Å². The Morgan fingerprint density at radius 2 is 2.13 bits per heavy atom. The molecule has 0 aliphatic carbocycles. The Balaban J connectivity index is 1.70. The van der Waals surface area contributed by atoms with E-state index in [0.29, 0.717) is 19.7 Å². The summed E-state index contributed by atoms with van der Waals surface area (Å²) >= 11 is 0. The molecule has 0 saturated carbocycles. The van der Waals surface area contributed by atoms with Crippen molar-refractivity contribution in [2.45, 2.75) is 19.6 Å². The molecule has 3 nitrogen and oxygen atoms in total. The summed E-state index contributed by atoms with van der Waals surface area (Å²) in [6.07, 6.45) is 2.17. The van der Waals surface area contributed by atoms with Crippen LogP contribution < -0.4 is 4.74 Å². The van der Waals surface area contributed by atoms with Gasteiger partial charge in [-0.3, -0.25) is 4.79 Å². The quantitative estimate of drug-likeness (QED) is 0.809. The molecular weight excluding hydrogens is 293 g/mol. The van der Waals surface area contributed by atoms with Crippen LogP contribution in [0.1, 0.15) is 16.7 Å². The minimum atomic E-state index is -0.268. The van der Waals surface area contributed by atoms with E-state index >= 15 is 0 Å². The minimum Gasteiger partial charge on any atom is -0.489 e. The summed E-state index contributed by atoms with van der Waals surface area (Å²) in [7, 11) is 0. The molecule has 1 amide bonds. The summed E-state index contributed by atoms with van der Waals surface area (Å²) in [6.45, 7) is 5.12. The predicted octanol–water partition coefficient (Wildman–Crippen LogP) is 3.48. The first-order chi connectivity index (χ1) is 11.2. The standard InChI is InChI=1S/C19H18FNO2/c1-2-19(22)21-9-8-15-6-7-18(11-16(15)12-21)23-13-14-4-3-5-17(20)10-14/h2-7,10-11H,1,8-9,12-13H2. The molecule has 0 N–H and O–H groups in total. The zero-order chi connectivity index (χ0) is 16.2. The van der Waals surface area contributed by atoms with Crippen LogP contribution in [0.3, 0.4) is 0 Å². The lowest BCUT2D eigenvalue weighted by Gasteiger charge is -2.28. The molecular formula is C19H18FNO2. The topological polar surface area (TPSA) is 29.5 Å². The highest BCUT2D eigenvalue weighted by Gasteiger charge is 2.19. The monoisotopic (exact) mass is 311 g/mol. The zero-order valence-corrected chi connectivity index (χ0v) is 12.8. The van der Waals surface area contributed by atoms with Gasteiger partial charge in [-0.25, -0.2) is 4.39 Å². The van der Waals surface area contributed by atoms with Gasteiger partial charge >= 0.3 is 0 Å². The Bertz CT molecular complexity index is 742. The lowest BCUT2D eigenvalue weighted by molar-refractivity contribution is -0.126. The van der Waals surface area contributed by atoms with Crippen LogP contribution in [0.15, 0.2) is 55.1 Å². The van der Waals surface area contributed by atoms with E-state index in [9.17, 15) is 9.18 Å². The zero-order valence-electron chi connectivity index (χ0n) is 12.8. The highest BCUT2D eigenvalue weighted by atomic mass is 19.1. The molecule has 0 saturated heterocycles. The number of amides is 1. The number of nitrogens with zero attached hydrogens (tertiary/aromatic N) is 1. The van der Waals surface area contributed by atoms with Crippen LogP contribution in [0.2, 0.25) is 0 Å². The highest BCUT2D eigenvalue weighted by Crippen LogP contribution is 2.24. The number of fused-ring (bicyclic) bond motifs is 1. The van der Waals surface area contributed by atoms with Crippen LogP contribution in [-0.4, -0.2) is 17.4 Å². The molecule has 2 aromatic carbocycles. The van der Waals surface area contributed by atoms with Crippen molar-refractivity contribution in [1.29, 1.82) is 0 Å². The number of hydrogen-bond donors (Lipinski definition) is 0. The Labute approximate surface area is 135 Å². The van der Waals surface area contributed by atoms with Gasteiger partial charge < -0.3 is 9.64 Å². The van der Waals surface area contributed by atoms with E-state index < -0.39 is 0 Å². The van der Waals surface area contributed by atoms with Crippen molar-refractivity contribution in [3.05, 3.63) is 77.6 Å². The van der Waals surface area contributed by atoms with Crippen molar-refractivity contribution in [2.24, 2.45) is 0 Å². The third kappa shape index (κ3) is 3.59. The van der Waals surface area contributed by atoms with Gasteiger partial charge in [0.05, 0.1) is 0 Å². The second-order valence-corrected chi connectivity index (χ2v) is 5.56. The van der Waals surface area contributed by atoms with Gasteiger partial charge in [-0.2, -0.15) is 0 Å². The van der Waals surface area contributed by atoms with Gasteiger partial charge in [0.2, 0.25) is 5.91 Å². The van der Waals surface area contributed by atoms with Crippen LogP contribution >= 0.6 is 0 Å². The van der Waals surface area contributed by atoms with Crippen molar-refractivity contribution >= 4 is 5.91 Å². The summed E-state index contributed by atoms with van der Waals surface area (Å²) < 4.78 is 18.9. The molecule has 0 radical (unpaired) electrons. The lowest BCUT2D eigenvalue weighted by Crippen LogP contribution is -2.34. The molecule has 0 spiro atoms. The first-order valence-electron chi connectivity index (χ1n) is 7.56. The summed E-state index contributed by atoms with van der Waals surface area (Å²) in [5.41, 5.74) is 3.10. The SMILES string of the molecule is C=CC(=O)N1CCc2ccc(OCc3cccc(F)c3)cc2C1. The Morgan fingerprint density at radius 1 is 1.26 bits per heavy atom. The maximum absolute atomic E-state index is 13.2. The van der Waals surface area contributed by atoms with Crippen molar-refractivity contribution in [1.82, 2.24) is 4.90 Å². The predicted molar refractivity (Wildman–Crippen MR) is 86.5 cm³/mol. The molecule has 0 fully saturated rings. The molecule has 0 unspecified atom stereocenters. The molecule has 3 rings (SSSR count). The number of hydrogen-bond acceptors (Lipinski definition) is 2. The second-order valence-electron chi connectivity index (χ2n) is 5.56. The van der Waals surface area contributed by atoms with E-state index in [0.717, 1.165) is 23.3 Å². The van der Waals surface area contributed by atoms with E-state index in [1.165, 1.54) is 23.8 Å². The van der Waals surface area contributed by atoms with E-state index in [4.69, 9.17) is 4.74 Å². The second kappa shape index (κ2) is 6.65. The normalized spacial score (nSPS) is 13.3. The van der Waals surface area contributed by atoms with Gasteiger partial charge in [0, 0.05) is 13.1 Å². The van der Waals surface area contributed by atoms with Crippen molar-refractivity contribution in [2.75, 3.05) is 6.54 Å². The number of carbonyl (C=O) groups excluding carboxylic acids is 1.